The van der Waals surface area contributed by atoms with Crippen LogP contribution in [-0.2, 0) is 11.2 Å². The molecular weight excluding hydrogens is 460 g/mol. The predicted molar refractivity (Wildman–Crippen MR) is 130 cm³/mol. The lowest BCUT2D eigenvalue weighted by atomic mass is 10.00. The number of thioether (sulfide) groups is 1. The van der Waals surface area contributed by atoms with E-state index < -0.39 is 6.04 Å². The average molecular weight is 491 g/mol. The molecule has 0 spiro atoms. The molecule has 0 aliphatic rings. The number of nitrogens with one attached hydrogen (secondary N) is 2. The van der Waals surface area contributed by atoms with Crippen molar-refractivity contribution in [3.8, 4) is 0 Å². The summed E-state index contributed by atoms with van der Waals surface area (Å²) in [5.41, 5.74) is 2.87. The summed E-state index contributed by atoms with van der Waals surface area (Å²) in [7, 11) is 0. The van der Waals surface area contributed by atoms with Gasteiger partial charge in [-0.3, -0.25) is 9.59 Å². The number of hydrogen-bond acceptors (Lipinski definition) is 3. The molecule has 2 aromatic carbocycles. The molecule has 0 radical (unpaired) electrons. The maximum absolute atomic E-state index is 13.0. The van der Waals surface area contributed by atoms with Crippen molar-refractivity contribution in [1.82, 2.24) is 10.6 Å². The predicted octanol–water partition coefficient (Wildman–Crippen LogP) is 5.38. The lowest BCUT2D eigenvalue weighted by molar-refractivity contribution is -0.123. The molecule has 2 atom stereocenters. The van der Waals surface area contributed by atoms with Crippen LogP contribution >= 0.6 is 27.7 Å². The molecule has 0 bridgehead atoms. The molecule has 6 heteroatoms. The van der Waals surface area contributed by atoms with Gasteiger partial charge in [-0.25, -0.2) is 0 Å². The Morgan fingerprint density at radius 1 is 1.00 bits per heavy atom. The summed E-state index contributed by atoms with van der Waals surface area (Å²) in [5.74, 6) is 0.975. The topological polar surface area (TPSA) is 58.2 Å². The Morgan fingerprint density at radius 2 is 1.67 bits per heavy atom. The molecule has 0 aliphatic carbocycles. The molecule has 2 unspecified atom stereocenters. The zero-order chi connectivity index (χ0) is 22.1. The smallest absolute Gasteiger partial charge is 0.253 e. The molecule has 162 valence electrons. The number of carbonyl (C=O) groups is 2. The first kappa shape index (κ1) is 24.5. The largest absolute Gasteiger partial charge is 0.348 e. The normalized spacial score (nSPS) is 13.0. The maximum Gasteiger partial charge on any atom is 0.253 e. The first-order chi connectivity index (χ1) is 14.3. The number of benzene rings is 2. The van der Waals surface area contributed by atoms with Gasteiger partial charge in [-0.15, -0.1) is 0 Å². The fraction of sp³-hybridized carbons (Fsp3) is 0.417. The van der Waals surface area contributed by atoms with Crippen LogP contribution in [0.25, 0.3) is 0 Å². The third kappa shape index (κ3) is 7.47. The van der Waals surface area contributed by atoms with Crippen LogP contribution in [0.1, 0.15) is 54.7 Å². The monoisotopic (exact) mass is 490 g/mol. The van der Waals surface area contributed by atoms with Gasteiger partial charge in [-0.05, 0) is 76.9 Å². The van der Waals surface area contributed by atoms with Crippen LogP contribution in [0.15, 0.2) is 53.0 Å². The van der Waals surface area contributed by atoms with Gasteiger partial charge in [-0.2, -0.15) is 11.8 Å². The van der Waals surface area contributed by atoms with E-state index in [1.165, 1.54) is 5.56 Å². The molecule has 2 N–H and O–H groups in total. The van der Waals surface area contributed by atoms with Crippen molar-refractivity contribution < 1.29 is 9.59 Å². The Morgan fingerprint density at radius 3 is 2.27 bits per heavy atom. The molecule has 4 nitrogen and oxygen atoms in total. The summed E-state index contributed by atoms with van der Waals surface area (Å²) in [4.78, 5) is 25.6. The zero-order valence-electron chi connectivity index (χ0n) is 18.1. The maximum atomic E-state index is 13.0. The molecule has 2 aromatic rings. The van der Waals surface area contributed by atoms with Crippen LogP contribution in [0.2, 0.25) is 0 Å². The summed E-state index contributed by atoms with van der Waals surface area (Å²) >= 11 is 5.06. The highest BCUT2D eigenvalue weighted by Gasteiger charge is 2.23. The van der Waals surface area contributed by atoms with Crippen LogP contribution in [0, 0.1) is 5.92 Å². The number of hydrogen-bond donors (Lipinski definition) is 2. The van der Waals surface area contributed by atoms with Gasteiger partial charge in [0, 0.05) is 4.47 Å². The van der Waals surface area contributed by atoms with Crippen molar-refractivity contribution in [1.29, 1.82) is 0 Å². The zero-order valence-corrected chi connectivity index (χ0v) is 20.5. The first-order valence-corrected chi connectivity index (χ1v) is 12.4. The van der Waals surface area contributed by atoms with E-state index in [2.05, 4.69) is 64.7 Å². The molecular formula is C24H31BrN2O2S. The van der Waals surface area contributed by atoms with Gasteiger partial charge >= 0.3 is 0 Å². The number of halogens is 1. The van der Waals surface area contributed by atoms with Crippen LogP contribution in [0.5, 0.6) is 0 Å². The van der Waals surface area contributed by atoms with Gasteiger partial charge < -0.3 is 10.6 Å². The molecule has 0 aromatic heterocycles. The third-order valence-corrected chi connectivity index (χ3v) is 6.17. The number of rotatable bonds is 10. The van der Waals surface area contributed by atoms with E-state index in [1.54, 1.807) is 17.8 Å². The highest BCUT2D eigenvalue weighted by molar-refractivity contribution is 9.10. The first-order valence-electron chi connectivity index (χ1n) is 10.2. The van der Waals surface area contributed by atoms with Crippen molar-refractivity contribution in [2.45, 2.75) is 45.7 Å². The highest BCUT2D eigenvalue weighted by atomic mass is 79.9. The third-order valence-electron chi connectivity index (χ3n) is 4.83. The van der Waals surface area contributed by atoms with Gasteiger partial charge in [0.2, 0.25) is 5.91 Å². The summed E-state index contributed by atoms with van der Waals surface area (Å²) in [6.07, 6.45) is 3.61. The lowest BCUT2D eigenvalue weighted by Gasteiger charge is -2.22. The summed E-state index contributed by atoms with van der Waals surface area (Å²) in [5, 5.41) is 5.96. The van der Waals surface area contributed by atoms with Crippen molar-refractivity contribution >= 4 is 39.5 Å². The second-order valence-corrected chi connectivity index (χ2v) is 9.70. The SMILES string of the molecule is CSCCC(NC(=O)c1ccccc1Br)C(=O)NC(C)c1ccc(CC(C)C)cc1. The molecule has 30 heavy (non-hydrogen) atoms. The quantitative estimate of drug-likeness (QED) is 0.470. The van der Waals surface area contributed by atoms with E-state index in [0.717, 1.165) is 17.7 Å². The van der Waals surface area contributed by atoms with Crippen LogP contribution in [0.4, 0.5) is 0 Å². The van der Waals surface area contributed by atoms with Crippen molar-refractivity contribution in [2.75, 3.05) is 12.0 Å². The van der Waals surface area contributed by atoms with Gasteiger partial charge in [0.05, 0.1) is 11.6 Å². The Labute approximate surface area is 192 Å². The Balaban J connectivity index is 2.05. The molecule has 0 fully saturated rings. The Hall–Kier alpha value is -1.79. The van der Waals surface area contributed by atoms with Crippen molar-refractivity contribution in [3.05, 3.63) is 69.7 Å². The van der Waals surface area contributed by atoms with Gasteiger partial charge in [0.15, 0.2) is 0 Å². The lowest BCUT2D eigenvalue weighted by Crippen LogP contribution is -2.47. The van der Waals surface area contributed by atoms with E-state index in [9.17, 15) is 9.59 Å². The molecule has 2 rings (SSSR count). The van der Waals surface area contributed by atoms with Crippen LogP contribution < -0.4 is 10.6 Å². The van der Waals surface area contributed by atoms with Crippen molar-refractivity contribution in [2.24, 2.45) is 5.92 Å². The molecule has 0 heterocycles. The molecule has 0 saturated carbocycles. The van der Waals surface area contributed by atoms with Crippen LogP contribution in [0.3, 0.4) is 0 Å². The van der Waals surface area contributed by atoms with E-state index >= 15 is 0 Å². The minimum atomic E-state index is -0.584. The van der Waals surface area contributed by atoms with Gasteiger partial charge in [0.25, 0.3) is 5.91 Å². The highest BCUT2D eigenvalue weighted by Crippen LogP contribution is 2.18. The number of amides is 2. The Bertz CT molecular complexity index is 839. The molecule has 0 aliphatic heterocycles. The van der Waals surface area contributed by atoms with Crippen molar-refractivity contribution in [3.63, 3.8) is 0 Å². The van der Waals surface area contributed by atoms with E-state index in [0.29, 0.717) is 22.4 Å². The summed E-state index contributed by atoms with van der Waals surface area (Å²) in [6, 6.07) is 14.9. The average Bonchev–Trinajstić information content (AvgIpc) is 2.71. The van der Waals surface area contributed by atoms with E-state index in [-0.39, 0.29) is 17.9 Å². The second kappa shape index (κ2) is 12.2. The summed E-state index contributed by atoms with van der Waals surface area (Å²) in [6.45, 7) is 6.37. The number of carbonyl (C=O) groups excluding carboxylic acids is 2. The van der Waals surface area contributed by atoms with E-state index in [1.807, 2.05) is 31.4 Å². The van der Waals surface area contributed by atoms with Gasteiger partial charge in [-0.1, -0.05) is 50.2 Å². The summed E-state index contributed by atoms with van der Waals surface area (Å²) < 4.78 is 0.710. The van der Waals surface area contributed by atoms with Crippen LogP contribution in [-0.4, -0.2) is 29.9 Å². The molecule has 2 amide bonds. The van der Waals surface area contributed by atoms with Gasteiger partial charge in [0.1, 0.15) is 6.04 Å². The fourth-order valence-corrected chi connectivity index (χ4v) is 4.13. The Kier molecular flexibility index (Phi) is 9.92. The molecule has 0 saturated heterocycles. The standard InChI is InChI=1S/C24H31BrN2O2S/c1-16(2)15-18-9-11-19(12-10-18)17(3)26-24(29)22(13-14-30-4)27-23(28)20-7-5-6-8-21(20)25/h5-12,16-17,22H,13-15H2,1-4H3,(H,26,29)(H,27,28). The van der Waals surface area contributed by atoms with E-state index in [4.69, 9.17) is 0 Å². The second-order valence-electron chi connectivity index (χ2n) is 7.86. The fourth-order valence-electron chi connectivity index (χ4n) is 3.20. The minimum absolute atomic E-state index is 0.136. The minimum Gasteiger partial charge on any atom is -0.348 e.